The van der Waals surface area contributed by atoms with Crippen molar-refractivity contribution in [3.8, 4) is 6.01 Å². The molecular formula is C24H32N4O4. The predicted molar refractivity (Wildman–Crippen MR) is 121 cm³/mol. The Labute approximate surface area is 188 Å². The second-order valence-electron chi connectivity index (χ2n) is 8.10. The maximum atomic E-state index is 12.3. The largest absolute Gasteiger partial charge is 0.481 e. The zero-order valence-corrected chi connectivity index (χ0v) is 18.7. The van der Waals surface area contributed by atoms with Crippen molar-refractivity contribution in [2.24, 2.45) is 0 Å². The van der Waals surface area contributed by atoms with Crippen LogP contribution in [0.5, 0.6) is 6.01 Å². The number of Topliss-reactive ketones (excluding diaryl/α,β-unsaturated/α-hetero) is 1. The van der Waals surface area contributed by atoms with Crippen molar-refractivity contribution >= 4 is 17.6 Å². The average molecular weight is 441 g/mol. The summed E-state index contributed by atoms with van der Waals surface area (Å²) in [6.07, 6.45) is 9.77. The quantitative estimate of drug-likeness (QED) is 0.477. The van der Waals surface area contributed by atoms with Crippen LogP contribution in [0.15, 0.2) is 24.5 Å². The maximum absolute atomic E-state index is 12.3. The van der Waals surface area contributed by atoms with Crippen molar-refractivity contribution in [3.63, 3.8) is 0 Å². The number of ketones is 1. The molecule has 1 atom stereocenters. The first-order valence-corrected chi connectivity index (χ1v) is 11.5. The van der Waals surface area contributed by atoms with E-state index in [1.807, 2.05) is 6.92 Å². The van der Waals surface area contributed by atoms with Gasteiger partial charge < -0.3 is 15.2 Å². The van der Waals surface area contributed by atoms with Gasteiger partial charge in [-0.25, -0.2) is 15.0 Å². The molecule has 1 aliphatic heterocycles. The molecule has 0 amide bonds. The highest BCUT2D eigenvalue weighted by atomic mass is 16.5. The lowest BCUT2D eigenvalue weighted by atomic mass is 9.94. The fraction of sp³-hybridized carbons (Fsp3) is 0.542. The third-order valence-electron chi connectivity index (χ3n) is 5.67. The van der Waals surface area contributed by atoms with Gasteiger partial charge in [0.05, 0.1) is 12.5 Å². The second kappa shape index (κ2) is 12.1. The molecule has 0 aliphatic carbocycles. The molecule has 0 aromatic carbocycles. The number of unbranched alkanes of at least 4 members (excludes halogenated alkanes) is 1. The molecule has 172 valence electrons. The number of carbonyl (C=O) groups is 2. The topological polar surface area (TPSA) is 114 Å². The van der Waals surface area contributed by atoms with Gasteiger partial charge in [0.15, 0.2) is 0 Å². The number of aromatic nitrogens is 3. The number of hydrogen-bond donors (Lipinski definition) is 2. The third kappa shape index (κ3) is 7.00. The normalized spacial score (nSPS) is 14.0. The highest BCUT2D eigenvalue weighted by Gasteiger charge is 2.22. The summed E-state index contributed by atoms with van der Waals surface area (Å²) in [5.74, 6) is -0.687. The van der Waals surface area contributed by atoms with Crippen LogP contribution in [-0.4, -0.2) is 45.0 Å². The van der Waals surface area contributed by atoms with Crippen LogP contribution in [0.2, 0.25) is 0 Å². The van der Waals surface area contributed by atoms with E-state index in [4.69, 9.17) is 9.72 Å². The molecule has 0 bridgehead atoms. The Morgan fingerprint density at radius 1 is 1.16 bits per heavy atom. The molecule has 0 radical (unpaired) electrons. The Morgan fingerprint density at radius 3 is 2.72 bits per heavy atom. The van der Waals surface area contributed by atoms with E-state index in [-0.39, 0.29) is 24.6 Å². The summed E-state index contributed by atoms with van der Waals surface area (Å²) >= 11 is 0. The van der Waals surface area contributed by atoms with E-state index in [2.05, 4.69) is 27.4 Å². The van der Waals surface area contributed by atoms with Gasteiger partial charge >= 0.3 is 12.0 Å². The van der Waals surface area contributed by atoms with Crippen LogP contribution in [0.25, 0.3) is 0 Å². The lowest BCUT2D eigenvalue weighted by molar-refractivity contribution is -0.139. The number of ether oxygens (including phenoxy) is 1. The van der Waals surface area contributed by atoms with Crippen molar-refractivity contribution in [1.29, 1.82) is 0 Å². The van der Waals surface area contributed by atoms with Gasteiger partial charge in [-0.3, -0.25) is 9.59 Å². The molecule has 0 fully saturated rings. The number of fused-ring (bicyclic) bond motifs is 1. The highest BCUT2D eigenvalue weighted by Crippen LogP contribution is 2.23. The highest BCUT2D eigenvalue weighted by molar-refractivity contribution is 5.80. The van der Waals surface area contributed by atoms with Crippen molar-refractivity contribution < 1.29 is 19.4 Å². The number of pyridine rings is 1. The Morgan fingerprint density at radius 2 is 1.97 bits per heavy atom. The second-order valence-corrected chi connectivity index (χ2v) is 8.10. The van der Waals surface area contributed by atoms with Crippen LogP contribution in [0.1, 0.15) is 74.6 Å². The number of nitrogens with one attached hydrogen (secondary N) is 1. The van der Waals surface area contributed by atoms with Crippen LogP contribution in [-0.2, 0) is 22.4 Å². The molecule has 0 saturated carbocycles. The number of rotatable bonds is 12. The molecule has 32 heavy (non-hydrogen) atoms. The summed E-state index contributed by atoms with van der Waals surface area (Å²) in [6, 6.07) is 4.47. The SMILES string of the molecule is CCOc1ncc(C(CCC(=O)CCCCc2ccc3c(n2)NCCCC3)C(=O)O)cn1. The molecule has 2 aromatic rings. The molecule has 1 unspecified atom stereocenters. The van der Waals surface area contributed by atoms with Crippen molar-refractivity contribution in [1.82, 2.24) is 15.0 Å². The minimum absolute atomic E-state index is 0.0830. The summed E-state index contributed by atoms with van der Waals surface area (Å²) in [6.45, 7) is 3.23. The van der Waals surface area contributed by atoms with Crippen LogP contribution in [0, 0.1) is 0 Å². The van der Waals surface area contributed by atoms with Crippen LogP contribution < -0.4 is 10.1 Å². The predicted octanol–water partition coefficient (Wildman–Crippen LogP) is 3.95. The van der Waals surface area contributed by atoms with Crippen LogP contribution in [0.4, 0.5) is 5.82 Å². The zero-order valence-electron chi connectivity index (χ0n) is 18.7. The van der Waals surface area contributed by atoms with E-state index in [0.29, 0.717) is 18.6 Å². The summed E-state index contributed by atoms with van der Waals surface area (Å²) < 4.78 is 5.19. The van der Waals surface area contributed by atoms with E-state index in [0.717, 1.165) is 43.7 Å². The van der Waals surface area contributed by atoms with Gasteiger partial charge in [-0.2, -0.15) is 0 Å². The summed E-state index contributed by atoms with van der Waals surface area (Å²) in [4.78, 5) is 36.8. The molecule has 0 spiro atoms. The number of aryl methyl sites for hydroxylation is 2. The number of hydrogen-bond acceptors (Lipinski definition) is 7. The zero-order chi connectivity index (χ0) is 22.8. The molecule has 3 heterocycles. The van der Waals surface area contributed by atoms with E-state index in [1.54, 1.807) is 0 Å². The van der Waals surface area contributed by atoms with Gasteiger partial charge in [0.2, 0.25) is 0 Å². The summed E-state index contributed by atoms with van der Waals surface area (Å²) in [5, 5.41) is 12.9. The Kier molecular flexibility index (Phi) is 8.95. The maximum Gasteiger partial charge on any atom is 0.316 e. The molecule has 0 saturated heterocycles. The lowest BCUT2D eigenvalue weighted by Crippen LogP contribution is -2.14. The van der Waals surface area contributed by atoms with E-state index >= 15 is 0 Å². The Hall–Kier alpha value is -3.03. The van der Waals surface area contributed by atoms with Crippen LogP contribution >= 0.6 is 0 Å². The van der Waals surface area contributed by atoms with Crippen molar-refractivity contribution in [2.45, 2.75) is 70.6 Å². The van der Waals surface area contributed by atoms with Gasteiger partial charge in [-0.15, -0.1) is 0 Å². The smallest absolute Gasteiger partial charge is 0.316 e. The van der Waals surface area contributed by atoms with E-state index < -0.39 is 11.9 Å². The van der Waals surface area contributed by atoms with Crippen LogP contribution in [0.3, 0.4) is 0 Å². The number of anilines is 1. The number of carboxylic acids is 1. The first-order valence-electron chi connectivity index (χ1n) is 11.5. The number of nitrogens with zero attached hydrogens (tertiary/aromatic N) is 3. The van der Waals surface area contributed by atoms with E-state index in [1.165, 1.54) is 30.8 Å². The van der Waals surface area contributed by atoms with Gasteiger partial charge in [0.1, 0.15) is 11.6 Å². The molecule has 8 heteroatoms. The lowest BCUT2D eigenvalue weighted by Gasteiger charge is -2.12. The number of carbonyl (C=O) groups excluding carboxylic acids is 1. The van der Waals surface area contributed by atoms with Gasteiger partial charge in [-0.05, 0) is 63.5 Å². The molecule has 2 aromatic heterocycles. The Balaban J connectivity index is 1.41. The van der Waals surface area contributed by atoms with E-state index in [9.17, 15) is 14.7 Å². The van der Waals surface area contributed by atoms with Crippen molar-refractivity contribution in [3.05, 3.63) is 41.3 Å². The average Bonchev–Trinajstić information content (AvgIpc) is 3.03. The number of aliphatic carboxylic acids is 1. The molecule has 1 aliphatic rings. The minimum atomic E-state index is -0.978. The fourth-order valence-electron chi connectivity index (χ4n) is 3.87. The molecular weight excluding hydrogens is 408 g/mol. The fourth-order valence-corrected chi connectivity index (χ4v) is 3.87. The summed E-state index contributed by atoms with van der Waals surface area (Å²) in [5.41, 5.74) is 2.82. The molecule has 8 nitrogen and oxygen atoms in total. The number of carboxylic acid groups (broad SMARTS) is 1. The molecule has 3 rings (SSSR count). The minimum Gasteiger partial charge on any atom is -0.481 e. The van der Waals surface area contributed by atoms with Gasteiger partial charge in [0.25, 0.3) is 0 Å². The first kappa shape index (κ1) is 23.6. The first-order chi connectivity index (χ1) is 15.6. The van der Waals surface area contributed by atoms with Crippen molar-refractivity contribution in [2.75, 3.05) is 18.5 Å². The van der Waals surface area contributed by atoms with Gasteiger partial charge in [-0.1, -0.05) is 6.07 Å². The summed E-state index contributed by atoms with van der Waals surface area (Å²) in [7, 11) is 0. The molecule has 2 N–H and O–H groups in total. The van der Waals surface area contributed by atoms with Gasteiger partial charge in [0, 0.05) is 43.0 Å². The standard InChI is InChI=1S/C24H32N4O4/c1-2-32-24-26-15-18(16-27-24)21(23(30)31)13-12-20(29)9-4-3-8-19-11-10-17-7-5-6-14-25-22(17)28-19/h10-11,15-16,21H,2-9,12-14H2,1H3,(H,25,28)(H,30,31). The Bertz CT molecular complexity index is 901. The monoisotopic (exact) mass is 440 g/mol. The third-order valence-corrected chi connectivity index (χ3v) is 5.67.